The van der Waals surface area contributed by atoms with E-state index in [0.29, 0.717) is 5.92 Å². The van der Waals surface area contributed by atoms with E-state index < -0.39 is 0 Å². The highest BCUT2D eigenvalue weighted by Crippen LogP contribution is 2.48. The summed E-state index contributed by atoms with van der Waals surface area (Å²) < 4.78 is 9.10. The van der Waals surface area contributed by atoms with E-state index in [9.17, 15) is 0 Å². The van der Waals surface area contributed by atoms with E-state index in [-0.39, 0.29) is 0 Å². The van der Waals surface area contributed by atoms with Crippen molar-refractivity contribution < 1.29 is 4.42 Å². The fraction of sp³-hybridized carbons (Fsp3) is 0.0698. The molecule has 0 aliphatic heterocycles. The van der Waals surface area contributed by atoms with Crippen LogP contribution < -0.4 is 0 Å². The number of furan rings is 1. The lowest BCUT2D eigenvalue weighted by Crippen LogP contribution is -2.07. The molecule has 0 radical (unpaired) electrons. The minimum atomic E-state index is 0.463. The highest BCUT2D eigenvalue weighted by Gasteiger charge is 2.26. The van der Waals surface area contributed by atoms with Gasteiger partial charge in [-0.1, -0.05) is 116 Å². The van der Waals surface area contributed by atoms with Crippen LogP contribution in [0.25, 0.3) is 88.2 Å². The molecule has 2 aromatic heterocycles. The highest BCUT2D eigenvalue weighted by atomic mass is 16.3. The zero-order valence-electron chi connectivity index (χ0n) is 24.9. The van der Waals surface area contributed by atoms with Crippen LogP contribution in [0.15, 0.2) is 138 Å². The van der Waals surface area contributed by atoms with Crippen LogP contribution in [-0.4, -0.2) is 4.57 Å². The molecular formula is C43H29NO. The lowest BCUT2D eigenvalue weighted by atomic mass is 9.82. The molecule has 1 atom stereocenters. The van der Waals surface area contributed by atoms with Crippen LogP contribution in [0.4, 0.5) is 0 Å². The molecule has 10 rings (SSSR count). The predicted molar refractivity (Wildman–Crippen MR) is 190 cm³/mol. The molecule has 0 amide bonds. The largest absolute Gasteiger partial charge is 0.455 e. The number of benzene rings is 7. The quantitative estimate of drug-likeness (QED) is 0.188. The third-order valence-corrected chi connectivity index (χ3v) is 9.90. The minimum Gasteiger partial charge on any atom is -0.455 e. The van der Waals surface area contributed by atoms with Gasteiger partial charge in [-0.2, -0.15) is 0 Å². The molecule has 2 heterocycles. The van der Waals surface area contributed by atoms with Gasteiger partial charge in [-0.15, -0.1) is 0 Å². The number of hydrogen-bond donors (Lipinski definition) is 0. The van der Waals surface area contributed by atoms with E-state index in [1.165, 1.54) is 65.7 Å². The Hall–Kier alpha value is -5.60. The third-order valence-electron chi connectivity index (χ3n) is 9.90. The van der Waals surface area contributed by atoms with Gasteiger partial charge in [0.05, 0.1) is 11.0 Å². The lowest BCUT2D eigenvalue weighted by Gasteiger charge is -2.23. The van der Waals surface area contributed by atoms with Crippen LogP contribution in [0, 0.1) is 5.92 Å². The molecule has 0 bridgehead atoms. The summed E-state index contributed by atoms with van der Waals surface area (Å²) >= 11 is 0. The molecule has 2 heteroatoms. The molecule has 212 valence electrons. The van der Waals surface area contributed by atoms with Gasteiger partial charge in [-0.05, 0) is 75.5 Å². The Morgan fingerprint density at radius 3 is 2.18 bits per heavy atom. The topological polar surface area (TPSA) is 18.1 Å². The van der Waals surface area contributed by atoms with Crippen molar-refractivity contribution in [3.8, 4) is 16.8 Å². The Morgan fingerprint density at radius 1 is 0.600 bits per heavy atom. The monoisotopic (exact) mass is 575 g/mol. The molecule has 1 unspecified atom stereocenters. The Labute approximate surface area is 260 Å². The van der Waals surface area contributed by atoms with Gasteiger partial charge in [0, 0.05) is 38.2 Å². The molecule has 2 nitrogen and oxygen atoms in total. The van der Waals surface area contributed by atoms with Crippen molar-refractivity contribution in [2.24, 2.45) is 5.92 Å². The van der Waals surface area contributed by atoms with Gasteiger partial charge in [0.15, 0.2) is 0 Å². The molecule has 0 saturated carbocycles. The zero-order chi connectivity index (χ0) is 29.6. The Bertz CT molecular complexity index is 2690. The van der Waals surface area contributed by atoms with Crippen molar-refractivity contribution in [2.75, 3.05) is 0 Å². The molecule has 45 heavy (non-hydrogen) atoms. The van der Waals surface area contributed by atoms with Crippen molar-refractivity contribution in [3.63, 3.8) is 0 Å². The van der Waals surface area contributed by atoms with Crippen molar-refractivity contribution in [1.82, 2.24) is 4.57 Å². The van der Waals surface area contributed by atoms with Gasteiger partial charge in [0.1, 0.15) is 11.2 Å². The van der Waals surface area contributed by atoms with Crippen LogP contribution in [0.1, 0.15) is 18.1 Å². The standard InChI is InChI=1S/C43H29NO/c1-26-22-23-29-36-25-35(33-19-11-18-32-30-15-8-10-21-39(30)45-43(32)33)28-14-5-6-16-31(28)40(36)41-34-17-7-9-20-38(34)44(42(41)37(29)24-26)27-12-3-2-4-13-27/h2-23,25-26H,24H2,1H3. The van der Waals surface area contributed by atoms with Gasteiger partial charge >= 0.3 is 0 Å². The SMILES string of the molecule is CC1C=Cc2c(c3c(c4ccccc4n3-c3ccccc3)c3c2cc(-c2cccc4c2oc2ccccc24)c2ccccc23)C1. The Balaban J connectivity index is 1.44. The van der Waals surface area contributed by atoms with Gasteiger partial charge < -0.3 is 8.98 Å². The Morgan fingerprint density at radius 2 is 1.31 bits per heavy atom. The van der Waals surface area contributed by atoms with Crippen LogP contribution in [0.3, 0.4) is 0 Å². The van der Waals surface area contributed by atoms with Crippen molar-refractivity contribution in [3.05, 3.63) is 145 Å². The average molecular weight is 576 g/mol. The van der Waals surface area contributed by atoms with E-state index in [1.807, 2.05) is 6.07 Å². The maximum absolute atomic E-state index is 6.59. The van der Waals surface area contributed by atoms with E-state index in [4.69, 9.17) is 4.42 Å². The number of allylic oxidation sites excluding steroid dienone is 1. The fourth-order valence-corrected chi connectivity index (χ4v) is 8.00. The summed E-state index contributed by atoms with van der Waals surface area (Å²) in [6, 6.07) is 46.2. The lowest BCUT2D eigenvalue weighted by molar-refractivity contribution is 0.670. The van der Waals surface area contributed by atoms with Crippen molar-refractivity contribution >= 4 is 71.4 Å². The maximum atomic E-state index is 6.59. The van der Waals surface area contributed by atoms with Crippen LogP contribution >= 0.6 is 0 Å². The fourth-order valence-electron chi connectivity index (χ4n) is 8.00. The molecular weight excluding hydrogens is 546 g/mol. The zero-order valence-corrected chi connectivity index (χ0v) is 24.9. The highest BCUT2D eigenvalue weighted by molar-refractivity contribution is 6.32. The minimum absolute atomic E-state index is 0.463. The molecule has 0 spiro atoms. The second-order valence-electron chi connectivity index (χ2n) is 12.5. The molecule has 9 aromatic rings. The first-order valence-electron chi connectivity index (χ1n) is 15.8. The molecule has 7 aromatic carbocycles. The number of para-hydroxylation sites is 4. The molecule has 0 saturated heterocycles. The van der Waals surface area contributed by atoms with E-state index in [2.05, 4.69) is 145 Å². The van der Waals surface area contributed by atoms with E-state index >= 15 is 0 Å². The van der Waals surface area contributed by atoms with Gasteiger partial charge in [0.2, 0.25) is 0 Å². The van der Waals surface area contributed by atoms with Gasteiger partial charge in [-0.3, -0.25) is 0 Å². The predicted octanol–water partition coefficient (Wildman–Crippen LogP) is 11.9. The molecule has 0 fully saturated rings. The summed E-state index contributed by atoms with van der Waals surface area (Å²) in [6.45, 7) is 2.33. The second-order valence-corrected chi connectivity index (χ2v) is 12.5. The van der Waals surface area contributed by atoms with Crippen LogP contribution in [0.5, 0.6) is 0 Å². The van der Waals surface area contributed by atoms with E-state index in [1.54, 1.807) is 0 Å². The molecule has 1 aliphatic carbocycles. The van der Waals surface area contributed by atoms with Crippen LogP contribution in [0.2, 0.25) is 0 Å². The first-order chi connectivity index (χ1) is 22.3. The molecule has 1 aliphatic rings. The van der Waals surface area contributed by atoms with Gasteiger partial charge in [-0.25, -0.2) is 0 Å². The number of rotatable bonds is 2. The normalized spacial score (nSPS) is 14.8. The average Bonchev–Trinajstić information content (AvgIpc) is 3.65. The number of hydrogen-bond acceptors (Lipinski definition) is 1. The van der Waals surface area contributed by atoms with Crippen LogP contribution in [-0.2, 0) is 6.42 Å². The Kier molecular flexibility index (Phi) is 5.07. The smallest absolute Gasteiger partial charge is 0.143 e. The summed E-state index contributed by atoms with van der Waals surface area (Å²) in [7, 11) is 0. The number of fused-ring (bicyclic) bond motifs is 13. The second kappa shape index (κ2) is 9.20. The molecule has 0 N–H and O–H groups in total. The first-order valence-corrected chi connectivity index (χ1v) is 15.8. The van der Waals surface area contributed by atoms with Crippen molar-refractivity contribution in [2.45, 2.75) is 13.3 Å². The summed E-state index contributed by atoms with van der Waals surface area (Å²) in [4.78, 5) is 0. The summed E-state index contributed by atoms with van der Waals surface area (Å²) in [5, 5.41) is 10.1. The van der Waals surface area contributed by atoms with E-state index in [0.717, 1.165) is 33.9 Å². The number of aromatic nitrogens is 1. The maximum Gasteiger partial charge on any atom is 0.143 e. The first kappa shape index (κ1) is 24.8. The van der Waals surface area contributed by atoms with Gasteiger partial charge in [0.25, 0.3) is 0 Å². The third kappa shape index (κ3) is 3.40. The summed E-state index contributed by atoms with van der Waals surface area (Å²) in [5.74, 6) is 0.463. The number of nitrogens with zero attached hydrogens (tertiary/aromatic N) is 1. The van der Waals surface area contributed by atoms with Crippen molar-refractivity contribution in [1.29, 1.82) is 0 Å². The summed E-state index contributed by atoms with van der Waals surface area (Å²) in [6.07, 6.45) is 5.78. The summed E-state index contributed by atoms with van der Waals surface area (Å²) in [5.41, 5.74) is 10.8.